The van der Waals surface area contributed by atoms with E-state index in [2.05, 4.69) is 25.8 Å². The number of aliphatic hydroxyl groups excluding tert-OH is 1. The van der Waals surface area contributed by atoms with Crippen molar-refractivity contribution in [3.05, 3.63) is 21.7 Å². The number of Topliss-reactive ketones (excluding diaryl/α,β-unsaturated/α-hetero) is 1. The molecular formula is C29H43Cl2NO4S. The Morgan fingerprint density at radius 3 is 2.46 bits per heavy atom. The number of alkyl halides is 2. The summed E-state index contributed by atoms with van der Waals surface area (Å²) in [6, 6.07) is 0. The van der Waals surface area contributed by atoms with Crippen molar-refractivity contribution < 1.29 is 19.4 Å². The van der Waals surface area contributed by atoms with E-state index in [9.17, 15) is 14.7 Å². The van der Waals surface area contributed by atoms with Crippen molar-refractivity contribution in [2.24, 2.45) is 34.5 Å². The minimum Gasteiger partial charge on any atom is -0.458 e. The number of cyclic esters (lactones) is 1. The molecule has 0 spiro atoms. The van der Waals surface area contributed by atoms with Crippen LogP contribution in [0, 0.1) is 41.4 Å². The van der Waals surface area contributed by atoms with Gasteiger partial charge in [-0.2, -0.15) is 0 Å². The highest BCUT2D eigenvalue weighted by Gasteiger charge is 2.72. The van der Waals surface area contributed by atoms with Crippen LogP contribution >= 0.6 is 34.5 Å². The normalized spacial score (nSPS) is 37.5. The number of esters is 1. The van der Waals surface area contributed by atoms with Gasteiger partial charge in [0.15, 0.2) is 0 Å². The van der Waals surface area contributed by atoms with Crippen molar-refractivity contribution in [2.45, 2.75) is 104 Å². The van der Waals surface area contributed by atoms with E-state index in [0.717, 1.165) is 35.5 Å². The molecule has 0 amide bonds. The molecule has 0 radical (unpaired) electrons. The van der Waals surface area contributed by atoms with E-state index in [-0.39, 0.29) is 35.4 Å². The largest absolute Gasteiger partial charge is 0.458 e. The fourth-order valence-electron chi connectivity index (χ4n) is 5.89. The maximum absolute atomic E-state index is 13.4. The average Bonchev–Trinajstić information content (AvgIpc) is 3.06. The molecule has 0 bridgehead atoms. The number of ketones is 1. The molecule has 1 aromatic heterocycles. The summed E-state index contributed by atoms with van der Waals surface area (Å²) in [7, 11) is 0. The smallest absolute Gasteiger partial charge is 0.309 e. The van der Waals surface area contributed by atoms with Gasteiger partial charge in [0.2, 0.25) is 0 Å². The predicted molar refractivity (Wildman–Crippen MR) is 152 cm³/mol. The van der Waals surface area contributed by atoms with Crippen molar-refractivity contribution in [2.75, 3.05) is 0 Å². The van der Waals surface area contributed by atoms with Crippen LogP contribution in [0.25, 0.3) is 6.08 Å². The van der Waals surface area contributed by atoms with Gasteiger partial charge >= 0.3 is 5.97 Å². The summed E-state index contributed by atoms with van der Waals surface area (Å²) in [5.74, 6) is -0.383. The van der Waals surface area contributed by atoms with E-state index in [1.165, 1.54) is 0 Å². The summed E-state index contributed by atoms with van der Waals surface area (Å²) >= 11 is 15.3. The molecule has 1 aliphatic carbocycles. The van der Waals surface area contributed by atoms with Gasteiger partial charge in [0.05, 0.1) is 28.6 Å². The second-order valence-corrected chi connectivity index (χ2v) is 14.8. The summed E-state index contributed by atoms with van der Waals surface area (Å²) in [5.41, 5.74) is 0.298. The number of hydrogen-bond acceptors (Lipinski definition) is 6. The third-order valence-electron chi connectivity index (χ3n) is 9.41. The molecule has 1 saturated carbocycles. The van der Waals surface area contributed by atoms with Crippen LogP contribution in [0.3, 0.4) is 0 Å². The fraction of sp³-hybridized carbons (Fsp3) is 0.759. The Hall–Kier alpha value is -0.950. The number of thiazole rings is 1. The van der Waals surface area contributed by atoms with Gasteiger partial charge in [0, 0.05) is 22.6 Å². The van der Waals surface area contributed by atoms with Gasteiger partial charge in [-0.25, -0.2) is 4.98 Å². The average molecular weight is 573 g/mol. The first-order valence-corrected chi connectivity index (χ1v) is 15.1. The number of fused-ring (bicyclic) bond motifs is 1. The highest BCUT2D eigenvalue weighted by molar-refractivity contribution is 7.09. The van der Waals surface area contributed by atoms with Crippen molar-refractivity contribution in [1.29, 1.82) is 0 Å². The molecule has 1 N–H and O–H groups in total. The summed E-state index contributed by atoms with van der Waals surface area (Å²) in [6.45, 7) is 15.7. The van der Waals surface area contributed by atoms with Gasteiger partial charge in [-0.3, -0.25) is 9.59 Å². The number of ether oxygens (including phenoxy) is 1. The second-order valence-electron chi connectivity index (χ2n) is 12.3. The molecule has 7 atom stereocenters. The minimum atomic E-state index is -1.15. The topological polar surface area (TPSA) is 76.5 Å². The molecule has 2 aliphatic rings. The Bertz CT molecular complexity index is 1030. The lowest BCUT2D eigenvalue weighted by atomic mass is 9.70. The van der Waals surface area contributed by atoms with Gasteiger partial charge in [-0.1, -0.05) is 54.4 Å². The third-order valence-corrected chi connectivity index (χ3v) is 11.6. The number of aryl methyl sites for hydroxylation is 1. The van der Waals surface area contributed by atoms with Crippen LogP contribution in [0.4, 0.5) is 0 Å². The molecule has 5 nitrogen and oxygen atoms in total. The third kappa shape index (κ3) is 6.28. The van der Waals surface area contributed by atoms with Gasteiger partial charge in [0.25, 0.3) is 0 Å². The predicted octanol–water partition coefficient (Wildman–Crippen LogP) is 7.41. The Labute approximate surface area is 236 Å². The van der Waals surface area contributed by atoms with E-state index in [0.29, 0.717) is 12.3 Å². The van der Waals surface area contributed by atoms with Gasteiger partial charge in [-0.15, -0.1) is 34.5 Å². The lowest BCUT2D eigenvalue weighted by molar-refractivity contribution is -0.154. The fourth-order valence-corrected chi connectivity index (χ4v) is 7.47. The summed E-state index contributed by atoms with van der Waals surface area (Å²) in [4.78, 5) is 31.1. The monoisotopic (exact) mass is 571 g/mol. The van der Waals surface area contributed by atoms with Crippen LogP contribution in [0.5, 0.6) is 0 Å². The van der Waals surface area contributed by atoms with Gasteiger partial charge in [-0.05, 0) is 50.2 Å². The van der Waals surface area contributed by atoms with Crippen LogP contribution < -0.4 is 0 Å². The number of nitrogens with zero attached hydrogens (tertiary/aromatic N) is 1. The molecular weight excluding hydrogens is 529 g/mol. The number of aromatic nitrogens is 1. The molecule has 2 heterocycles. The van der Waals surface area contributed by atoms with Crippen LogP contribution in [-0.4, -0.2) is 38.4 Å². The highest BCUT2D eigenvalue weighted by atomic mass is 35.5. The zero-order valence-corrected chi connectivity index (χ0v) is 25.8. The summed E-state index contributed by atoms with van der Waals surface area (Å²) in [6.07, 6.45) is 3.23. The standard InChI is InChI=1S/C29H43Cl2NO4S/c1-16-10-9-11-28(8)23(29(28,30)31)13-22(17(2)12-21-15-37-20(5)32-21)36-25(34)14-24(33)27(6,7)26(35)19(4)18(16)3/h12,15-16,18-19,22-24,33H,9-11,13-14H2,1-8H3/b17-12+. The first-order chi connectivity index (χ1) is 17.0. The van der Waals surface area contributed by atoms with Crippen LogP contribution in [0.1, 0.15) is 91.3 Å². The minimum absolute atomic E-state index is 0.0273. The highest BCUT2D eigenvalue weighted by Crippen LogP contribution is 2.73. The zero-order chi connectivity index (χ0) is 27.9. The van der Waals surface area contributed by atoms with Crippen LogP contribution in [0.2, 0.25) is 0 Å². The second kappa shape index (κ2) is 11.3. The number of halogens is 2. The van der Waals surface area contributed by atoms with E-state index in [4.69, 9.17) is 27.9 Å². The van der Waals surface area contributed by atoms with Crippen molar-refractivity contribution in [1.82, 2.24) is 4.98 Å². The molecule has 2 fully saturated rings. The summed E-state index contributed by atoms with van der Waals surface area (Å²) in [5, 5.41) is 13.9. The maximum atomic E-state index is 13.4. The zero-order valence-electron chi connectivity index (χ0n) is 23.4. The Morgan fingerprint density at radius 2 is 1.86 bits per heavy atom. The first kappa shape index (κ1) is 30.6. The number of aliphatic hydroxyl groups is 1. The molecule has 8 heteroatoms. The molecule has 1 aliphatic heterocycles. The number of rotatable bonds is 2. The molecule has 0 aromatic carbocycles. The van der Waals surface area contributed by atoms with Crippen molar-refractivity contribution in [3.8, 4) is 0 Å². The molecule has 208 valence electrons. The van der Waals surface area contributed by atoms with Crippen molar-refractivity contribution >= 4 is 52.4 Å². The van der Waals surface area contributed by atoms with Crippen LogP contribution in [-0.2, 0) is 14.3 Å². The lowest BCUT2D eigenvalue weighted by Gasteiger charge is -2.35. The van der Waals surface area contributed by atoms with E-state index in [1.807, 2.05) is 32.2 Å². The first-order valence-electron chi connectivity index (χ1n) is 13.4. The lowest BCUT2D eigenvalue weighted by Crippen LogP contribution is -2.44. The SMILES string of the molecule is C/C(=C\c1csc(C)n1)C1CC2C(Cl)(Cl)C2(C)CCCC(C)C(C)C(C)C(=O)C(C)(C)C(O)CC(=O)O1. The molecule has 1 aromatic rings. The van der Waals surface area contributed by atoms with Crippen LogP contribution in [0.15, 0.2) is 11.0 Å². The molecule has 37 heavy (non-hydrogen) atoms. The maximum Gasteiger partial charge on any atom is 0.309 e. The Morgan fingerprint density at radius 1 is 1.22 bits per heavy atom. The quantitative estimate of drug-likeness (QED) is 0.295. The number of carbonyl (C=O) groups excluding carboxylic acids is 2. The van der Waals surface area contributed by atoms with Crippen molar-refractivity contribution in [3.63, 3.8) is 0 Å². The molecule has 7 unspecified atom stereocenters. The molecule has 3 rings (SSSR count). The van der Waals surface area contributed by atoms with Gasteiger partial charge < -0.3 is 9.84 Å². The number of carbonyl (C=O) groups is 2. The Balaban J connectivity index is 1.93. The van der Waals surface area contributed by atoms with Gasteiger partial charge in [0.1, 0.15) is 16.2 Å². The number of hydrogen-bond donors (Lipinski definition) is 1. The molecule has 1 saturated heterocycles. The van der Waals surface area contributed by atoms with E-state index < -0.39 is 27.9 Å². The van der Waals surface area contributed by atoms with E-state index in [1.54, 1.807) is 25.2 Å². The van der Waals surface area contributed by atoms with E-state index >= 15 is 0 Å². The Kier molecular flexibility index (Phi) is 9.32. The summed E-state index contributed by atoms with van der Waals surface area (Å²) < 4.78 is 5.07.